The first-order valence-corrected chi connectivity index (χ1v) is 9.66. The van der Waals surface area contributed by atoms with Crippen LogP contribution in [0.2, 0.25) is 0 Å². The Bertz CT molecular complexity index is 1020. The van der Waals surface area contributed by atoms with E-state index in [4.69, 9.17) is 9.47 Å². The average Bonchev–Trinajstić information content (AvgIpc) is 2.70. The van der Waals surface area contributed by atoms with E-state index >= 15 is 0 Å². The molecule has 0 atom stereocenters. The predicted octanol–water partition coefficient (Wildman–Crippen LogP) is 2.60. The van der Waals surface area contributed by atoms with E-state index < -0.39 is 16.0 Å². The van der Waals surface area contributed by atoms with E-state index in [1.54, 1.807) is 43.5 Å². The molecule has 0 bridgehead atoms. The van der Waals surface area contributed by atoms with Gasteiger partial charge in [0.25, 0.3) is 0 Å². The zero-order chi connectivity index (χ0) is 20.7. The third kappa shape index (κ3) is 5.19. The van der Waals surface area contributed by atoms with Gasteiger partial charge in [-0.1, -0.05) is 24.3 Å². The van der Waals surface area contributed by atoms with Crippen molar-refractivity contribution < 1.29 is 22.7 Å². The van der Waals surface area contributed by atoms with Gasteiger partial charge in [0, 0.05) is 14.1 Å². The van der Waals surface area contributed by atoms with Crippen molar-refractivity contribution in [1.29, 1.82) is 5.26 Å². The van der Waals surface area contributed by atoms with E-state index in [0.29, 0.717) is 16.9 Å². The molecule has 0 heterocycles. The number of hydrogen-bond donors (Lipinski definition) is 0. The Balaban J connectivity index is 2.12. The maximum Gasteiger partial charge on any atom is 0.349 e. The lowest BCUT2D eigenvalue weighted by atomic mass is 10.1. The lowest BCUT2D eigenvalue weighted by Gasteiger charge is -2.12. The summed E-state index contributed by atoms with van der Waals surface area (Å²) in [4.78, 5) is 12.3. The van der Waals surface area contributed by atoms with Crippen LogP contribution < -0.4 is 4.74 Å². The van der Waals surface area contributed by atoms with Crippen LogP contribution in [0.5, 0.6) is 5.75 Å². The predicted molar refractivity (Wildman–Crippen MR) is 104 cm³/mol. The second-order valence-corrected chi connectivity index (χ2v) is 8.11. The summed E-state index contributed by atoms with van der Waals surface area (Å²) < 4.78 is 35.7. The standard InChI is InChI=1S/C20H20N2O5S/c1-22(2)28(24,25)19-6-4-5-16(12-19)14-27-20(23)17(13-21)11-15-7-9-18(26-3)10-8-15/h4-12H,14H2,1-3H3/b17-11+. The fraction of sp³-hybridized carbons (Fsp3) is 0.200. The van der Waals surface area contributed by atoms with E-state index in [2.05, 4.69) is 0 Å². The summed E-state index contributed by atoms with van der Waals surface area (Å²) in [6, 6.07) is 14.8. The summed E-state index contributed by atoms with van der Waals surface area (Å²) in [6.45, 7) is -0.156. The number of rotatable bonds is 7. The number of carbonyl (C=O) groups is 1. The summed E-state index contributed by atoms with van der Waals surface area (Å²) in [5, 5.41) is 9.24. The highest BCUT2D eigenvalue weighted by Crippen LogP contribution is 2.17. The number of nitrogens with zero attached hydrogens (tertiary/aromatic N) is 2. The van der Waals surface area contributed by atoms with Crippen LogP contribution in [-0.4, -0.2) is 39.9 Å². The van der Waals surface area contributed by atoms with Gasteiger partial charge in [0.05, 0.1) is 12.0 Å². The highest BCUT2D eigenvalue weighted by atomic mass is 32.2. The van der Waals surface area contributed by atoms with Crippen molar-refractivity contribution in [3.63, 3.8) is 0 Å². The molecule has 0 radical (unpaired) electrons. The average molecular weight is 400 g/mol. The third-order valence-electron chi connectivity index (χ3n) is 3.81. The lowest BCUT2D eigenvalue weighted by Crippen LogP contribution is -2.22. The number of ether oxygens (including phenoxy) is 2. The molecule has 7 nitrogen and oxygen atoms in total. The van der Waals surface area contributed by atoms with Crippen molar-refractivity contribution in [2.24, 2.45) is 0 Å². The molecule has 0 spiro atoms. The van der Waals surface area contributed by atoms with Gasteiger partial charge in [-0.3, -0.25) is 0 Å². The Morgan fingerprint density at radius 2 is 1.86 bits per heavy atom. The van der Waals surface area contributed by atoms with Crippen LogP contribution in [0.15, 0.2) is 59.0 Å². The zero-order valence-electron chi connectivity index (χ0n) is 15.7. The second kappa shape index (κ2) is 9.17. The largest absolute Gasteiger partial charge is 0.497 e. The number of esters is 1. The van der Waals surface area contributed by atoms with Crippen molar-refractivity contribution in [2.45, 2.75) is 11.5 Å². The number of carbonyl (C=O) groups excluding carboxylic acids is 1. The molecule has 0 aromatic heterocycles. The minimum Gasteiger partial charge on any atom is -0.497 e. The molecule has 8 heteroatoms. The molecule has 2 aromatic rings. The SMILES string of the molecule is COc1ccc(/C=C(\C#N)C(=O)OCc2cccc(S(=O)(=O)N(C)C)c2)cc1. The monoisotopic (exact) mass is 400 g/mol. The maximum atomic E-state index is 12.2. The van der Waals surface area contributed by atoms with Crippen molar-refractivity contribution in [2.75, 3.05) is 21.2 Å². The summed E-state index contributed by atoms with van der Waals surface area (Å²) in [5.41, 5.74) is 0.980. The summed E-state index contributed by atoms with van der Waals surface area (Å²) in [5.74, 6) is -0.134. The molecule has 0 saturated heterocycles. The first-order valence-electron chi connectivity index (χ1n) is 8.22. The van der Waals surface area contributed by atoms with Crippen molar-refractivity contribution in [1.82, 2.24) is 4.31 Å². The van der Waals surface area contributed by atoms with Crippen LogP contribution >= 0.6 is 0 Å². The molecule has 2 aromatic carbocycles. The Labute approximate surface area is 164 Å². The Morgan fingerprint density at radius 1 is 1.18 bits per heavy atom. The first-order chi connectivity index (χ1) is 13.3. The van der Waals surface area contributed by atoms with Crippen molar-refractivity contribution in [3.05, 3.63) is 65.2 Å². The summed E-state index contributed by atoms with van der Waals surface area (Å²) in [7, 11) is 0.828. The van der Waals surface area contributed by atoms with Crippen molar-refractivity contribution >= 4 is 22.1 Å². The zero-order valence-corrected chi connectivity index (χ0v) is 16.6. The summed E-state index contributed by atoms with van der Waals surface area (Å²) in [6.07, 6.45) is 1.41. The van der Waals surface area contributed by atoms with Crippen LogP contribution in [-0.2, 0) is 26.2 Å². The molecular formula is C20H20N2O5S. The molecule has 0 saturated carbocycles. The molecular weight excluding hydrogens is 380 g/mol. The molecule has 2 rings (SSSR count). The normalized spacial score (nSPS) is 11.8. The van der Waals surface area contributed by atoms with Crippen LogP contribution in [0, 0.1) is 11.3 Å². The van der Waals surface area contributed by atoms with Crippen molar-refractivity contribution in [3.8, 4) is 11.8 Å². The topological polar surface area (TPSA) is 96.7 Å². The van der Waals surface area contributed by atoms with Gasteiger partial charge in [0.1, 0.15) is 24.0 Å². The minimum absolute atomic E-state index is 0.0975. The van der Waals surface area contributed by atoms with Crippen LogP contribution in [0.3, 0.4) is 0 Å². The van der Waals surface area contributed by atoms with Gasteiger partial charge >= 0.3 is 5.97 Å². The van der Waals surface area contributed by atoms with Crippen LogP contribution in [0.25, 0.3) is 6.08 Å². The lowest BCUT2D eigenvalue weighted by molar-refractivity contribution is -0.139. The van der Waals surface area contributed by atoms with Gasteiger partial charge in [0.2, 0.25) is 10.0 Å². The van der Waals surface area contributed by atoms with E-state index in [9.17, 15) is 18.5 Å². The Hall–Kier alpha value is -3.15. The molecule has 0 unspecified atom stereocenters. The quantitative estimate of drug-likeness (QED) is 0.403. The Morgan fingerprint density at radius 3 is 2.43 bits per heavy atom. The van der Waals surface area contributed by atoms with Gasteiger partial charge in [-0.25, -0.2) is 17.5 Å². The van der Waals surface area contributed by atoms with Gasteiger partial charge in [-0.2, -0.15) is 5.26 Å². The number of hydrogen-bond acceptors (Lipinski definition) is 6. The molecule has 0 amide bonds. The van der Waals surface area contributed by atoms with Crippen LogP contribution in [0.1, 0.15) is 11.1 Å². The number of sulfonamides is 1. The number of benzene rings is 2. The van der Waals surface area contributed by atoms with E-state index in [1.165, 1.54) is 32.3 Å². The van der Waals surface area contributed by atoms with E-state index in [1.807, 2.05) is 6.07 Å². The third-order valence-corrected chi connectivity index (χ3v) is 5.63. The van der Waals surface area contributed by atoms with Gasteiger partial charge in [0.15, 0.2) is 0 Å². The van der Waals surface area contributed by atoms with E-state index in [-0.39, 0.29) is 17.1 Å². The second-order valence-electron chi connectivity index (χ2n) is 5.95. The smallest absolute Gasteiger partial charge is 0.349 e. The number of nitriles is 1. The molecule has 0 aliphatic heterocycles. The van der Waals surface area contributed by atoms with Gasteiger partial charge in [-0.05, 0) is 41.5 Å². The molecule has 0 N–H and O–H groups in total. The summed E-state index contributed by atoms with van der Waals surface area (Å²) >= 11 is 0. The molecule has 0 aliphatic rings. The number of methoxy groups -OCH3 is 1. The molecule has 146 valence electrons. The van der Waals surface area contributed by atoms with E-state index in [0.717, 1.165) is 4.31 Å². The maximum absolute atomic E-state index is 12.2. The molecule has 0 fully saturated rings. The van der Waals surface area contributed by atoms with Crippen LogP contribution in [0.4, 0.5) is 0 Å². The fourth-order valence-corrected chi connectivity index (χ4v) is 3.21. The first kappa shape index (κ1) is 21.2. The minimum atomic E-state index is -3.59. The van der Waals surface area contributed by atoms with Gasteiger partial charge < -0.3 is 9.47 Å². The molecule has 0 aliphatic carbocycles. The highest BCUT2D eigenvalue weighted by molar-refractivity contribution is 7.89. The van der Waals surface area contributed by atoms with Gasteiger partial charge in [-0.15, -0.1) is 0 Å². The molecule has 28 heavy (non-hydrogen) atoms. The fourth-order valence-electron chi connectivity index (χ4n) is 2.24. The highest BCUT2D eigenvalue weighted by Gasteiger charge is 2.18. The Kier molecular flexibility index (Phi) is 6.93.